The molecule has 0 saturated heterocycles. The van der Waals surface area contributed by atoms with E-state index in [0.29, 0.717) is 18.0 Å². The number of carbonyl (C=O) groups is 2. The topological polar surface area (TPSA) is 76.3 Å². The number of fused-ring (bicyclic) bond motifs is 1. The van der Waals surface area contributed by atoms with E-state index in [1.807, 2.05) is 44.2 Å². The van der Waals surface area contributed by atoms with Gasteiger partial charge < -0.3 is 10.6 Å². The largest absolute Gasteiger partial charge is 0.368 e. The monoisotopic (exact) mass is 325 g/mol. The van der Waals surface area contributed by atoms with E-state index in [1.165, 1.54) is 0 Å². The zero-order valence-electron chi connectivity index (χ0n) is 14.2. The van der Waals surface area contributed by atoms with Gasteiger partial charge in [0.1, 0.15) is 0 Å². The molecule has 2 aromatic rings. The van der Waals surface area contributed by atoms with Crippen LogP contribution in [0.4, 0.5) is 0 Å². The smallest absolute Gasteiger partial charge is 0.255 e. The van der Waals surface area contributed by atoms with Crippen molar-refractivity contribution in [2.24, 2.45) is 11.7 Å². The van der Waals surface area contributed by atoms with Crippen LogP contribution >= 0.6 is 0 Å². The lowest BCUT2D eigenvalue weighted by atomic mass is 10.0. The van der Waals surface area contributed by atoms with Crippen LogP contribution in [0.2, 0.25) is 0 Å². The molecule has 0 atom stereocenters. The number of nitrogens with zero attached hydrogens (tertiary/aromatic N) is 2. The number of carbonyl (C=O) groups excluding carboxylic acids is 2. The van der Waals surface area contributed by atoms with Gasteiger partial charge in [0.25, 0.3) is 5.91 Å². The second kappa shape index (κ2) is 6.59. The molecule has 1 aromatic heterocycles. The highest BCUT2D eigenvalue weighted by Gasteiger charge is 2.28. The van der Waals surface area contributed by atoms with Crippen LogP contribution in [0, 0.1) is 5.92 Å². The molecule has 2 amide bonds. The summed E-state index contributed by atoms with van der Waals surface area (Å²) in [5.74, 6) is 0.0629. The van der Waals surface area contributed by atoms with E-state index in [1.54, 1.807) is 4.90 Å². The number of benzene rings is 1. The van der Waals surface area contributed by atoms with Crippen LogP contribution in [0.3, 0.4) is 0 Å². The molecule has 1 aliphatic rings. The molecule has 1 aromatic carbocycles. The van der Waals surface area contributed by atoms with Gasteiger partial charge in [-0.15, -0.1) is 0 Å². The van der Waals surface area contributed by atoms with Gasteiger partial charge in [-0.2, -0.15) is 0 Å². The summed E-state index contributed by atoms with van der Waals surface area (Å²) in [6.07, 6.45) is 2.24. The highest BCUT2D eigenvalue weighted by molar-refractivity contribution is 6.07. The van der Waals surface area contributed by atoms with Crippen LogP contribution in [0.1, 0.15) is 48.7 Å². The Balaban J connectivity index is 2.04. The molecule has 126 valence electrons. The quantitative estimate of drug-likeness (QED) is 0.887. The Labute approximate surface area is 141 Å². The molecule has 1 heterocycles. The Morgan fingerprint density at radius 2 is 2.00 bits per heavy atom. The fourth-order valence-electron chi connectivity index (χ4n) is 2.98. The third-order valence-electron chi connectivity index (χ3n) is 4.18. The first-order chi connectivity index (χ1) is 11.5. The lowest BCUT2D eigenvalue weighted by Gasteiger charge is -2.24. The van der Waals surface area contributed by atoms with Gasteiger partial charge in [-0.1, -0.05) is 32.0 Å². The molecule has 0 spiro atoms. The minimum atomic E-state index is -0.496. The maximum absolute atomic E-state index is 13.1. The van der Waals surface area contributed by atoms with Crippen molar-refractivity contribution < 1.29 is 9.59 Å². The molecule has 0 unspecified atom stereocenters. The van der Waals surface area contributed by atoms with Gasteiger partial charge in [0, 0.05) is 23.5 Å². The molecule has 0 bridgehead atoms. The van der Waals surface area contributed by atoms with Gasteiger partial charge in [-0.3, -0.25) is 14.6 Å². The Kier molecular flexibility index (Phi) is 4.51. The summed E-state index contributed by atoms with van der Waals surface area (Å²) in [7, 11) is 0. The second-order valence-corrected chi connectivity index (χ2v) is 6.93. The molecule has 5 heteroatoms. The van der Waals surface area contributed by atoms with Crippen molar-refractivity contribution in [2.45, 2.75) is 32.6 Å². The van der Waals surface area contributed by atoms with E-state index in [4.69, 9.17) is 10.7 Å². The Bertz CT molecular complexity index is 781. The first-order valence-corrected chi connectivity index (χ1v) is 8.43. The molecule has 1 saturated carbocycles. The lowest BCUT2D eigenvalue weighted by molar-refractivity contribution is -0.118. The van der Waals surface area contributed by atoms with Crippen molar-refractivity contribution in [2.75, 3.05) is 13.1 Å². The zero-order chi connectivity index (χ0) is 17.3. The first-order valence-electron chi connectivity index (χ1n) is 8.43. The minimum Gasteiger partial charge on any atom is -0.368 e. The van der Waals surface area contributed by atoms with Crippen molar-refractivity contribution in [1.82, 2.24) is 9.88 Å². The minimum absolute atomic E-state index is 0.0631. The summed E-state index contributed by atoms with van der Waals surface area (Å²) in [6.45, 7) is 4.47. The van der Waals surface area contributed by atoms with Crippen molar-refractivity contribution in [3.8, 4) is 0 Å². The van der Waals surface area contributed by atoms with Gasteiger partial charge >= 0.3 is 0 Å². The number of amides is 2. The van der Waals surface area contributed by atoms with Gasteiger partial charge in [0.2, 0.25) is 5.91 Å². The van der Waals surface area contributed by atoms with Crippen LogP contribution in [0.15, 0.2) is 30.3 Å². The fraction of sp³-hybridized carbons (Fsp3) is 0.421. The van der Waals surface area contributed by atoms with Gasteiger partial charge in [-0.25, -0.2) is 0 Å². The van der Waals surface area contributed by atoms with Crippen molar-refractivity contribution in [1.29, 1.82) is 0 Å². The molecule has 0 radical (unpaired) electrons. The fourth-order valence-corrected chi connectivity index (χ4v) is 2.98. The lowest BCUT2D eigenvalue weighted by Crippen LogP contribution is -2.40. The van der Waals surface area contributed by atoms with Crippen LogP contribution in [-0.4, -0.2) is 34.8 Å². The van der Waals surface area contributed by atoms with E-state index < -0.39 is 5.91 Å². The number of para-hydroxylation sites is 1. The van der Waals surface area contributed by atoms with Gasteiger partial charge in [0.15, 0.2) is 0 Å². The number of pyridine rings is 1. The second-order valence-electron chi connectivity index (χ2n) is 6.93. The summed E-state index contributed by atoms with van der Waals surface area (Å²) in [5, 5.41) is 0.824. The number of nitrogens with two attached hydrogens (primary N) is 1. The van der Waals surface area contributed by atoms with Crippen LogP contribution in [-0.2, 0) is 4.79 Å². The maximum atomic E-state index is 13.1. The molecule has 2 N–H and O–H groups in total. The predicted octanol–water partition coefficient (Wildman–Crippen LogP) is 2.70. The van der Waals surface area contributed by atoms with Crippen molar-refractivity contribution in [3.05, 3.63) is 41.6 Å². The third-order valence-corrected chi connectivity index (χ3v) is 4.18. The average Bonchev–Trinajstić information content (AvgIpc) is 3.36. The Hall–Kier alpha value is -2.43. The van der Waals surface area contributed by atoms with Crippen LogP contribution in [0.5, 0.6) is 0 Å². The van der Waals surface area contributed by atoms with E-state index in [0.717, 1.165) is 29.4 Å². The van der Waals surface area contributed by atoms with Crippen molar-refractivity contribution in [3.63, 3.8) is 0 Å². The van der Waals surface area contributed by atoms with E-state index in [-0.39, 0.29) is 18.4 Å². The average molecular weight is 325 g/mol. The van der Waals surface area contributed by atoms with Crippen LogP contribution < -0.4 is 5.73 Å². The summed E-state index contributed by atoms with van der Waals surface area (Å²) in [5.41, 5.74) is 7.76. The summed E-state index contributed by atoms with van der Waals surface area (Å²) in [6, 6.07) is 9.56. The van der Waals surface area contributed by atoms with E-state index in [2.05, 4.69) is 0 Å². The molecular weight excluding hydrogens is 302 g/mol. The molecule has 0 aliphatic heterocycles. The molecule has 1 fully saturated rings. The normalized spacial score (nSPS) is 14.1. The van der Waals surface area contributed by atoms with Gasteiger partial charge in [0.05, 0.1) is 17.6 Å². The number of hydrogen-bond donors (Lipinski definition) is 1. The summed E-state index contributed by atoms with van der Waals surface area (Å²) in [4.78, 5) is 30.8. The maximum Gasteiger partial charge on any atom is 0.255 e. The first kappa shape index (κ1) is 16.4. The number of rotatable bonds is 6. The number of hydrogen-bond acceptors (Lipinski definition) is 3. The molecule has 24 heavy (non-hydrogen) atoms. The predicted molar refractivity (Wildman–Crippen MR) is 93.7 cm³/mol. The molecular formula is C19H23N3O2. The highest BCUT2D eigenvalue weighted by atomic mass is 16.2. The summed E-state index contributed by atoms with van der Waals surface area (Å²) >= 11 is 0. The summed E-state index contributed by atoms with van der Waals surface area (Å²) < 4.78 is 0. The molecule has 5 nitrogen and oxygen atoms in total. The third kappa shape index (κ3) is 3.55. The highest BCUT2D eigenvalue weighted by Crippen LogP contribution is 2.40. The Morgan fingerprint density at radius 1 is 1.29 bits per heavy atom. The zero-order valence-corrected chi connectivity index (χ0v) is 14.2. The standard InChI is InChI=1S/C19H23N3O2/c1-12(2)10-22(11-18(20)23)19(24)15-9-17(13-7-8-13)21-16-6-4-3-5-14(15)16/h3-6,9,12-13H,7-8,10-11H2,1-2H3,(H2,20,23). The SMILES string of the molecule is CC(C)CN(CC(N)=O)C(=O)c1cc(C2CC2)nc2ccccc12. The molecule has 1 aliphatic carbocycles. The molecule has 3 rings (SSSR count). The number of primary amides is 1. The van der Waals surface area contributed by atoms with Gasteiger partial charge in [-0.05, 0) is 30.9 Å². The Morgan fingerprint density at radius 3 is 2.62 bits per heavy atom. The van der Waals surface area contributed by atoms with E-state index >= 15 is 0 Å². The van der Waals surface area contributed by atoms with E-state index in [9.17, 15) is 9.59 Å². The van der Waals surface area contributed by atoms with Crippen LogP contribution in [0.25, 0.3) is 10.9 Å². The number of aromatic nitrogens is 1. The van der Waals surface area contributed by atoms with Crippen molar-refractivity contribution >= 4 is 22.7 Å².